The average molecular weight is 402 g/mol. The second kappa shape index (κ2) is 8.08. The lowest BCUT2D eigenvalue weighted by atomic mass is 9.80. The van der Waals surface area contributed by atoms with E-state index in [1.807, 2.05) is 24.3 Å². The van der Waals surface area contributed by atoms with Gasteiger partial charge >= 0.3 is 0 Å². The molecular formula is C22H24F2N2O3. The number of amides is 1. The Morgan fingerprint density at radius 3 is 2.93 bits per heavy atom. The molecule has 0 aliphatic carbocycles. The van der Waals surface area contributed by atoms with Crippen molar-refractivity contribution in [2.75, 3.05) is 38.3 Å². The van der Waals surface area contributed by atoms with Crippen molar-refractivity contribution in [2.24, 2.45) is 0 Å². The largest absolute Gasteiger partial charge is 0.383 e. The fourth-order valence-electron chi connectivity index (χ4n) is 4.32. The number of rotatable bonds is 6. The predicted octanol–water partition coefficient (Wildman–Crippen LogP) is 2.77. The molecule has 2 atom stereocenters. The van der Waals surface area contributed by atoms with Crippen molar-refractivity contribution < 1.29 is 23.0 Å². The van der Waals surface area contributed by atoms with Gasteiger partial charge in [-0.25, -0.2) is 8.78 Å². The number of anilines is 1. The van der Waals surface area contributed by atoms with Crippen molar-refractivity contribution in [1.29, 1.82) is 0 Å². The third-order valence-electron chi connectivity index (χ3n) is 5.72. The summed E-state index contributed by atoms with van der Waals surface area (Å²) < 4.78 is 38.3. The van der Waals surface area contributed by atoms with Crippen molar-refractivity contribution in [3.05, 3.63) is 65.2 Å². The van der Waals surface area contributed by atoms with Crippen LogP contribution < -0.4 is 10.2 Å². The number of nitrogens with one attached hydrogen (secondary N) is 1. The van der Waals surface area contributed by atoms with Gasteiger partial charge in [0.2, 0.25) is 5.91 Å². The van der Waals surface area contributed by atoms with Crippen LogP contribution in [-0.4, -0.2) is 45.4 Å². The van der Waals surface area contributed by atoms with Gasteiger partial charge in [-0.1, -0.05) is 24.3 Å². The summed E-state index contributed by atoms with van der Waals surface area (Å²) >= 11 is 0. The van der Waals surface area contributed by atoms with Crippen molar-refractivity contribution in [2.45, 2.75) is 24.5 Å². The highest BCUT2D eigenvalue weighted by Gasteiger charge is 2.50. The van der Waals surface area contributed by atoms with Crippen LogP contribution in [0.1, 0.15) is 17.5 Å². The zero-order chi connectivity index (χ0) is 20.4. The van der Waals surface area contributed by atoms with E-state index >= 15 is 0 Å². The fraction of sp³-hybridized carbons (Fsp3) is 0.409. The van der Waals surface area contributed by atoms with Gasteiger partial charge in [0.15, 0.2) is 0 Å². The number of nitrogens with zero attached hydrogens (tertiary/aromatic N) is 1. The molecule has 2 heterocycles. The highest BCUT2D eigenvalue weighted by Crippen LogP contribution is 2.47. The van der Waals surface area contributed by atoms with Crippen LogP contribution in [0.5, 0.6) is 0 Å². The van der Waals surface area contributed by atoms with Crippen LogP contribution >= 0.6 is 0 Å². The Hall–Kier alpha value is -2.51. The number of para-hydroxylation sites is 1. The molecule has 2 aromatic carbocycles. The van der Waals surface area contributed by atoms with Crippen LogP contribution in [0.3, 0.4) is 0 Å². The van der Waals surface area contributed by atoms with E-state index in [1.165, 1.54) is 12.1 Å². The molecule has 0 saturated carbocycles. The molecular weight excluding hydrogens is 378 g/mol. The lowest BCUT2D eigenvalue weighted by molar-refractivity contribution is -0.130. The topological polar surface area (TPSA) is 50.8 Å². The van der Waals surface area contributed by atoms with E-state index in [4.69, 9.17) is 9.47 Å². The highest BCUT2D eigenvalue weighted by molar-refractivity contribution is 5.81. The van der Waals surface area contributed by atoms with E-state index in [0.29, 0.717) is 44.8 Å². The smallest absolute Gasteiger partial charge is 0.249 e. The first kappa shape index (κ1) is 19.8. The van der Waals surface area contributed by atoms with E-state index in [9.17, 15) is 13.6 Å². The zero-order valence-corrected chi connectivity index (χ0v) is 16.3. The average Bonchev–Trinajstić information content (AvgIpc) is 3.27. The molecule has 1 N–H and O–H groups in total. The first-order valence-electron chi connectivity index (χ1n) is 9.69. The maximum Gasteiger partial charge on any atom is 0.249 e. The molecule has 1 fully saturated rings. The summed E-state index contributed by atoms with van der Waals surface area (Å²) in [6.07, 6.45) is 0.0352. The molecule has 2 aromatic rings. The number of ether oxygens (including phenoxy) is 2. The molecule has 29 heavy (non-hydrogen) atoms. The van der Waals surface area contributed by atoms with E-state index in [-0.39, 0.29) is 11.3 Å². The van der Waals surface area contributed by atoms with Gasteiger partial charge in [0, 0.05) is 49.5 Å². The van der Waals surface area contributed by atoms with Gasteiger partial charge in [0.1, 0.15) is 17.7 Å². The SMILES string of the molecule is COCCNC(=O)[C@H]1C[C@@]2(CO1)CN(Cc1ccc(F)cc1F)c1ccccc12. The van der Waals surface area contributed by atoms with Crippen molar-refractivity contribution in [1.82, 2.24) is 5.32 Å². The molecule has 7 heteroatoms. The fourth-order valence-corrected chi connectivity index (χ4v) is 4.32. The predicted molar refractivity (Wildman–Crippen MR) is 105 cm³/mol. The summed E-state index contributed by atoms with van der Waals surface area (Å²) in [4.78, 5) is 14.5. The minimum atomic E-state index is -0.587. The minimum Gasteiger partial charge on any atom is -0.383 e. The molecule has 154 valence electrons. The number of hydrogen-bond acceptors (Lipinski definition) is 4. The molecule has 1 amide bonds. The lowest BCUT2D eigenvalue weighted by Gasteiger charge is -2.24. The number of fused-ring (bicyclic) bond motifs is 2. The van der Waals surface area contributed by atoms with Crippen LogP contribution in [0.25, 0.3) is 0 Å². The van der Waals surface area contributed by atoms with Crippen molar-refractivity contribution in [3.8, 4) is 0 Å². The monoisotopic (exact) mass is 402 g/mol. The first-order chi connectivity index (χ1) is 14.0. The molecule has 0 aromatic heterocycles. The van der Waals surface area contributed by atoms with Gasteiger partial charge in [-0.05, 0) is 24.1 Å². The second-order valence-electron chi connectivity index (χ2n) is 7.68. The Morgan fingerprint density at radius 1 is 1.31 bits per heavy atom. The molecule has 1 saturated heterocycles. The van der Waals surface area contributed by atoms with Gasteiger partial charge in [-0.2, -0.15) is 0 Å². The zero-order valence-electron chi connectivity index (χ0n) is 16.3. The Morgan fingerprint density at radius 2 is 2.14 bits per heavy atom. The van der Waals surface area contributed by atoms with Gasteiger partial charge in [0.05, 0.1) is 13.2 Å². The van der Waals surface area contributed by atoms with Crippen molar-refractivity contribution in [3.63, 3.8) is 0 Å². The third kappa shape index (κ3) is 3.84. The van der Waals surface area contributed by atoms with Crippen LogP contribution in [0.15, 0.2) is 42.5 Å². The Kier molecular flexibility index (Phi) is 5.52. The maximum absolute atomic E-state index is 14.2. The Labute approximate surface area is 168 Å². The van der Waals surface area contributed by atoms with Gasteiger partial charge in [0.25, 0.3) is 0 Å². The van der Waals surface area contributed by atoms with E-state index in [2.05, 4.69) is 10.2 Å². The van der Waals surface area contributed by atoms with Crippen molar-refractivity contribution >= 4 is 11.6 Å². The summed E-state index contributed by atoms with van der Waals surface area (Å²) in [5.74, 6) is -1.28. The summed E-state index contributed by atoms with van der Waals surface area (Å²) in [7, 11) is 1.58. The third-order valence-corrected chi connectivity index (χ3v) is 5.72. The number of carbonyl (C=O) groups excluding carboxylic acids is 1. The highest BCUT2D eigenvalue weighted by atomic mass is 19.1. The number of carbonyl (C=O) groups is 1. The molecule has 2 aliphatic heterocycles. The molecule has 0 unspecified atom stereocenters. The first-order valence-corrected chi connectivity index (χ1v) is 9.69. The quantitative estimate of drug-likeness (QED) is 0.755. The normalized spacial score (nSPS) is 22.9. The van der Waals surface area contributed by atoms with Gasteiger partial charge < -0.3 is 19.7 Å². The number of benzene rings is 2. The summed E-state index contributed by atoms with van der Waals surface area (Å²) in [6, 6.07) is 11.6. The van der Waals surface area contributed by atoms with Gasteiger partial charge in [-0.15, -0.1) is 0 Å². The summed E-state index contributed by atoms with van der Waals surface area (Å²) in [5, 5.41) is 2.83. The molecule has 5 nitrogen and oxygen atoms in total. The van der Waals surface area contributed by atoms with Crippen LogP contribution in [0, 0.1) is 11.6 Å². The van der Waals surface area contributed by atoms with E-state index < -0.39 is 17.7 Å². The van der Waals surface area contributed by atoms with Gasteiger partial charge in [-0.3, -0.25) is 4.79 Å². The molecule has 0 bridgehead atoms. The number of hydrogen-bond donors (Lipinski definition) is 1. The minimum absolute atomic E-state index is 0.139. The summed E-state index contributed by atoms with van der Waals surface area (Å²) in [6.45, 7) is 2.26. The molecule has 4 rings (SSSR count). The molecule has 0 radical (unpaired) electrons. The van der Waals surface area contributed by atoms with Crippen LogP contribution in [0.4, 0.5) is 14.5 Å². The van der Waals surface area contributed by atoms with Crippen LogP contribution in [0.2, 0.25) is 0 Å². The van der Waals surface area contributed by atoms with E-state index in [1.54, 1.807) is 7.11 Å². The summed E-state index contributed by atoms with van der Waals surface area (Å²) in [5.41, 5.74) is 2.22. The Balaban J connectivity index is 1.53. The number of halogens is 2. The molecule has 2 aliphatic rings. The standard InChI is InChI=1S/C22H24F2N2O3/c1-28-9-8-25-21(27)20-11-22(14-29-20)13-26(19-5-3-2-4-17(19)22)12-15-6-7-16(23)10-18(15)24/h2-7,10,20H,8-9,11-14H2,1H3,(H,25,27)/t20-,22+/m1/s1. The van der Waals surface area contributed by atoms with Crippen LogP contribution in [-0.2, 0) is 26.2 Å². The second-order valence-corrected chi connectivity index (χ2v) is 7.68. The molecule has 1 spiro atoms. The number of methoxy groups -OCH3 is 1. The van der Waals surface area contributed by atoms with E-state index in [0.717, 1.165) is 17.3 Å². The maximum atomic E-state index is 14.2. The Bertz CT molecular complexity index is 907. The lowest BCUT2D eigenvalue weighted by Crippen LogP contribution is -2.38.